The second-order valence-corrected chi connectivity index (χ2v) is 8.66. The van der Waals surface area contributed by atoms with Crippen LogP contribution in [0.2, 0.25) is 0 Å². The van der Waals surface area contributed by atoms with Crippen LogP contribution in [-0.2, 0) is 0 Å². The third-order valence-corrected chi connectivity index (χ3v) is 6.51. The Morgan fingerprint density at radius 1 is 0.697 bits per heavy atom. The quantitative estimate of drug-likeness (QED) is 0.404. The van der Waals surface area contributed by atoms with Crippen molar-refractivity contribution in [2.24, 2.45) is 0 Å². The standard InChI is InChI=1S/C27H26N6/c1-19-18-25(29-27-26(19)20(2)30-33(27)22-9-4-3-5-10-22)32-16-14-31(15-17-32)24-13-12-21-8-6-7-11-23(21)28-24/h3-13,18H,14-17H2,1-2H3. The molecule has 0 amide bonds. The molecule has 1 saturated heterocycles. The number of benzene rings is 2. The molecular weight excluding hydrogens is 408 g/mol. The highest BCUT2D eigenvalue weighted by Gasteiger charge is 2.22. The van der Waals surface area contributed by atoms with E-state index in [1.165, 1.54) is 10.9 Å². The molecule has 0 unspecified atom stereocenters. The Kier molecular flexibility index (Phi) is 4.72. The van der Waals surface area contributed by atoms with Crippen molar-refractivity contribution in [3.8, 4) is 5.69 Å². The number of anilines is 2. The van der Waals surface area contributed by atoms with Gasteiger partial charge in [0.15, 0.2) is 5.65 Å². The fourth-order valence-corrected chi connectivity index (χ4v) is 4.79. The van der Waals surface area contributed by atoms with Gasteiger partial charge in [-0.25, -0.2) is 14.6 Å². The number of rotatable bonds is 3. The molecule has 5 aromatic rings. The maximum absolute atomic E-state index is 5.09. The zero-order valence-electron chi connectivity index (χ0n) is 18.9. The molecule has 2 aromatic carbocycles. The summed E-state index contributed by atoms with van der Waals surface area (Å²) in [6, 6.07) is 25.0. The number of piperazine rings is 1. The molecule has 3 aromatic heterocycles. The van der Waals surface area contributed by atoms with Gasteiger partial charge < -0.3 is 9.80 Å². The van der Waals surface area contributed by atoms with E-state index in [2.05, 4.69) is 72.2 Å². The average molecular weight is 435 g/mol. The van der Waals surface area contributed by atoms with Crippen LogP contribution in [0.4, 0.5) is 11.6 Å². The summed E-state index contributed by atoms with van der Waals surface area (Å²) < 4.78 is 1.97. The van der Waals surface area contributed by atoms with Crippen molar-refractivity contribution in [2.45, 2.75) is 13.8 Å². The van der Waals surface area contributed by atoms with Gasteiger partial charge in [-0.2, -0.15) is 5.10 Å². The van der Waals surface area contributed by atoms with Gasteiger partial charge in [0.25, 0.3) is 0 Å². The van der Waals surface area contributed by atoms with Crippen molar-refractivity contribution in [2.75, 3.05) is 36.0 Å². The summed E-state index contributed by atoms with van der Waals surface area (Å²) in [6.45, 7) is 7.87. The molecule has 1 aliphatic heterocycles. The predicted molar refractivity (Wildman–Crippen MR) is 135 cm³/mol. The van der Waals surface area contributed by atoms with Crippen molar-refractivity contribution in [1.29, 1.82) is 0 Å². The van der Waals surface area contributed by atoms with E-state index in [0.717, 1.165) is 65.7 Å². The Hall–Kier alpha value is -3.93. The van der Waals surface area contributed by atoms with Crippen LogP contribution in [0.3, 0.4) is 0 Å². The lowest BCUT2D eigenvalue weighted by Gasteiger charge is -2.36. The summed E-state index contributed by atoms with van der Waals surface area (Å²) in [6.07, 6.45) is 0. The first-order valence-electron chi connectivity index (χ1n) is 11.5. The topological polar surface area (TPSA) is 50.1 Å². The van der Waals surface area contributed by atoms with Crippen molar-refractivity contribution in [3.63, 3.8) is 0 Å². The van der Waals surface area contributed by atoms with Gasteiger partial charge in [-0.3, -0.25) is 0 Å². The zero-order chi connectivity index (χ0) is 22.4. The van der Waals surface area contributed by atoms with E-state index in [4.69, 9.17) is 15.1 Å². The van der Waals surface area contributed by atoms with Crippen molar-refractivity contribution in [1.82, 2.24) is 19.7 Å². The van der Waals surface area contributed by atoms with Gasteiger partial charge in [0, 0.05) is 37.0 Å². The number of pyridine rings is 2. The molecule has 0 aliphatic carbocycles. The van der Waals surface area contributed by atoms with Crippen LogP contribution in [0, 0.1) is 13.8 Å². The summed E-state index contributed by atoms with van der Waals surface area (Å²) in [4.78, 5) is 14.7. The first kappa shape index (κ1) is 19.7. The van der Waals surface area contributed by atoms with Crippen molar-refractivity contribution >= 4 is 33.6 Å². The van der Waals surface area contributed by atoms with Crippen LogP contribution in [0.15, 0.2) is 72.8 Å². The molecule has 0 atom stereocenters. The predicted octanol–water partition coefficient (Wildman–Crippen LogP) is 4.91. The summed E-state index contributed by atoms with van der Waals surface area (Å²) in [7, 11) is 0. The molecule has 1 fully saturated rings. The van der Waals surface area contributed by atoms with Gasteiger partial charge >= 0.3 is 0 Å². The van der Waals surface area contributed by atoms with E-state index < -0.39 is 0 Å². The molecule has 164 valence electrons. The largest absolute Gasteiger partial charge is 0.353 e. The summed E-state index contributed by atoms with van der Waals surface area (Å²) in [5, 5.41) is 7.12. The summed E-state index contributed by atoms with van der Waals surface area (Å²) in [5.41, 5.74) is 5.23. The Bertz CT molecular complexity index is 1450. The second-order valence-electron chi connectivity index (χ2n) is 8.66. The van der Waals surface area contributed by atoms with Gasteiger partial charge in [-0.1, -0.05) is 36.4 Å². The minimum Gasteiger partial charge on any atom is -0.353 e. The lowest BCUT2D eigenvalue weighted by atomic mass is 10.1. The molecule has 6 rings (SSSR count). The Morgan fingerprint density at radius 3 is 2.18 bits per heavy atom. The van der Waals surface area contributed by atoms with Crippen LogP contribution in [0.5, 0.6) is 0 Å². The highest BCUT2D eigenvalue weighted by Crippen LogP contribution is 2.28. The van der Waals surface area contributed by atoms with E-state index in [1.807, 2.05) is 28.9 Å². The molecule has 0 saturated carbocycles. The zero-order valence-corrected chi connectivity index (χ0v) is 18.9. The molecule has 4 heterocycles. The monoisotopic (exact) mass is 434 g/mol. The lowest BCUT2D eigenvalue weighted by Crippen LogP contribution is -2.47. The van der Waals surface area contributed by atoms with Gasteiger partial charge in [-0.15, -0.1) is 0 Å². The smallest absolute Gasteiger partial charge is 0.165 e. The Morgan fingerprint density at radius 2 is 1.39 bits per heavy atom. The third-order valence-electron chi connectivity index (χ3n) is 6.51. The number of hydrogen-bond acceptors (Lipinski definition) is 5. The van der Waals surface area contributed by atoms with Crippen LogP contribution < -0.4 is 9.80 Å². The molecule has 6 nitrogen and oxygen atoms in total. The Labute approximate surface area is 193 Å². The minimum absolute atomic E-state index is 0.908. The first-order chi connectivity index (χ1) is 16.2. The van der Waals surface area contributed by atoms with E-state index in [0.29, 0.717) is 0 Å². The van der Waals surface area contributed by atoms with Gasteiger partial charge in [0.1, 0.15) is 11.6 Å². The minimum atomic E-state index is 0.908. The SMILES string of the molecule is Cc1cc(N2CCN(c3ccc4ccccc4n3)CC2)nc2c1c(C)nn2-c1ccccc1. The second kappa shape index (κ2) is 7.89. The van der Waals surface area contributed by atoms with E-state index in [-0.39, 0.29) is 0 Å². The number of hydrogen-bond donors (Lipinski definition) is 0. The highest BCUT2D eigenvalue weighted by molar-refractivity contribution is 5.85. The highest BCUT2D eigenvalue weighted by atomic mass is 15.3. The van der Waals surface area contributed by atoms with Gasteiger partial charge in [-0.05, 0) is 55.8 Å². The number of aryl methyl sites for hydroxylation is 2. The molecule has 0 radical (unpaired) electrons. The maximum atomic E-state index is 5.09. The van der Waals surface area contributed by atoms with E-state index >= 15 is 0 Å². The van der Waals surface area contributed by atoms with Crippen LogP contribution >= 0.6 is 0 Å². The molecule has 0 bridgehead atoms. The summed E-state index contributed by atoms with van der Waals surface area (Å²) in [5.74, 6) is 2.06. The van der Waals surface area contributed by atoms with Crippen molar-refractivity contribution in [3.05, 3.63) is 84.1 Å². The van der Waals surface area contributed by atoms with Crippen LogP contribution in [0.1, 0.15) is 11.3 Å². The number of nitrogens with zero attached hydrogens (tertiary/aromatic N) is 6. The van der Waals surface area contributed by atoms with Crippen LogP contribution in [0.25, 0.3) is 27.6 Å². The lowest BCUT2D eigenvalue weighted by molar-refractivity contribution is 0.643. The molecule has 0 N–H and O–H groups in total. The molecule has 1 aliphatic rings. The maximum Gasteiger partial charge on any atom is 0.165 e. The Balaban J connectivity index is 1.29. The van der Waals surface area contributed by atoms with Gasteiger partial charge in [0.05, 0.1) is 16.9 Å². The first-order valence-corrected chi connectivity index (χ1v) is 11.5. The number of para-hydroxylation sites is 2. The van der Waals surface area contributed by atoms with E-state index in [1.54, 1.807) is 0 Å². The third kappa shape index (κ3) is 3.48. The normalized spacial score (nSPS) is 14.4. The fraction of sp³-hybridized carbons (Fsp3) is 0.222. The molecule has 6 heteroatoms. The average Bonchev–Trinajstić information content (AvgIpc) is 3.21. The molecule has 33 heavy (non-hydrogen) atoms. The van der Waals surface area contributed by atoms with Gasteiger partial charge in [0.2, 0.25) is 0 Å². The van der Waals surface area contributed by atoms with Crippen molar-refractivity contribution < 1.29 is 0 Å². The fourth-order valence-electron chi connectivity index (χ4n) is 4.79. The number of aromatic nitrogens is 4. The van der Waals surface area contributed by atoms with E-state index in [9.17, 15) is 0 Å². The number of fused-ring (bicyclic) bond motifs is 2. The van der Waals surface area contributed by atoms with Crippen LogP contribution in [-0.4, -0.2) is 45.9 Å². The summed E-state index contributed by atoms with van der Waals surface area (Å²) >= 11 is 0. The molecular formula is C27H26N6. The molecule has 0 spiro atoms.